The fourth-order valence-corrected chi connectivity index (χ4v) is 8.94. The fourth-order valence-electron chi connectivity index (χ4n) is 8.94. The maximum absolute atomic E-state index is 12.3. The quantitative estimate of drug-likeness (QED) is 0.584. The Bertz CT molecular complexity index is 1120. The first kappa shape index (κ1) is 24.6. The van der Waals surface area contributed by atoms with E-state index in [1.165, 1.54) is 18.4 Å². The maximum atomic E-state index is 12.3. The average molecular weight is 494 g/mol. The summed E-state index contributed by atoms with van der Waals surface area (Å²) >= 11 is 0. The second-order valence-electron chi connectivity index (χ2n) is 13.6. The second-order valence-corrected chi connectivity index (χ2v) is 13.6. The summed E-state index contributed by atoms with van der Waals surface area (Å²) in [7, 11) is 1.77. The number of hydrogen-bond donors (Lipinski definition) is 2. The molecule has 1 aromatic carbocycles. The number of aromatic hydroxyl groups is 1. The molecule has 5 heteroatoms. The van der Waals surface area contributed by atoms with E-state index < -0.39 is 27.4 Å². The summed E-state index contributed by atoms with van der Waals surface area (Å²) in [4.78, 5) is 2.67. The minimum Gasteiger partial charge on any atom is -0.504 e. The van der Waals surface area contributed by atoms with Gasteiger partial charge in [0.2, 0.25) is 0 Å². The fraction of sp³-hybridized carbons (Fsp3) is 0.742. The Morgan fingerprint density at radius 3 is 2.56 bits per heavy atom. The number of aliphatic hydroxyl groups is 1. The number of rotatable bonds is 5. The van der Waals surface area contributed by atoms with Crippen LogP contribution in [-0.4, -0.2) is 58.7 Å². The van der Waals surface area contributed by atoms with E-state index in [1.54, 1.807) is 13.2 Å². The molecule has 2 aliphatic heterocycles. The van der Waals surface area contributed by atoms with Crippen LogP contribution in [-0.2, 0) is 16.6 Å². The summed E-state index contributed by atoms with van der Waals surface area (Å²) < 4.78 is 13.4. The lowest BCUT2D eigenvalue weighted by Crippen LogP contribution is -2.79. The summed E-state index contributed by atoms with van der Waals surface area (Å²) in [6.07, 6.45) is 12.0. The van der Waals surface area contributed by atoms with Crippen molar-refractivity contribution in [3.8, 4) is 23.8 Å². The first-order valence-electron chi connectivity index (χ1n) is 13.9. The Balaban J connectivity index is 1.64. The van der Waals surface area contributed by atoms with Crippen LogP contribution in [0.1, 0.15) is 77.8 Å². The van der Waals surface area contributed by atoms with Crippen molar-refractivity contribution in [3.63, 3.8) is 0 Å². The maximum Gasteiger partial charge on any atom is 0.165 e. The zero-order chi connectivity index (χ0) is 25.9. The lowest BCUT2D eigenvalue weighted by molar-refractivity contribution is -0.270. The summed E-state index contributed by atoms with van der Waals surface area (Å²) in [5, 5.41) is 23.4. The lowest BCUT2D eigenvalue weighted by Gasteiger charge is -2.70. The largest absolute Gasteiger partial charge is 0.504 e. The van der Waals surface area contributed by atoms with Crippen LogP contribution in [0.3, 0.4) is 0 Å². The molecule has 2 N–H and O–H groups in total. The van der Waals surface area contributed by atoms with Crippen molar-refractivity contribution in [2.75, 3.05) is 20.2 Å². The molecule has 2 saturated carbocycles. The van der Waals surface area contributed by atoms with Gasteiger partial charge in [-0.25, -0.2) is 0 Å². The Hall–Kier alpha value is -1.74. The van der Waals surface area contributed by atoms with Crippen LogP contribution in [0.25, 0.3) is 0 Å². The molecule has 6 rings (SSSR count). The van der Waals surface area contributed by atoms with Gasteiger partial charge < -0.3 is 19.7 Å². The van der Waals surface area contributed by atoms with Crippen molar-refractivity contribution < 1.29 is 19.7 Å². The number of nitrogens with zero attached hydrogens (tertiary/aromatic N) is 1. The Morgan fingerprint density at radius 1 is 1.25 bits per heavy atom. The molecule has 7 atom stereocenters. The standard InChI is InChI=1S/C31H43NO4/c1-8-29-17-22(28(6,34)27(3,4)5)31(9-2,35-7)26-30(29)14-15-32(18-19-10-11-19)23(29)16-20-12-13-21(33)25(36-26)24(20)30/h1,12-13,19,22-23,26,33-34H,9-11,14-18H2,2-7H3/t22-,23-,26-,28+,29-,30+,31-/m1/s1. The van der Waals surface area contributed by atoms with Crippen molar-refractivity contribution in [2.45, 2.75) is 102 Å². The third-order valence-corrected chi connectivity index (χ3v) is 11.5. The van der Waals surface area contributed by atoms with Crippen LogP contribution in [0, 0.1) is 35.0 Å². The Labute approximate surface area is 216 Å². The monoisotopic (exact) mass is 493 g/mol. The van der Waals surface area contributed by atoms with Gasteiger partial charge in [0, 0.05) is 31.2 Å². The zero-order valence-corrected chi connectivity index (χ0v) is 22.9. The van der Waals surface area contributed by atoms with Crippen LogP contribution in [0.4, 0.5) is 0 Å². The van der Waals surface area contributed by atoms with Crippen molar-refractivity contribution in [1.29, 1.82) is 0 Å². The normalized spacial score (nSPS) is 40.7. The highest BCUT2D eigenvalue weighted by molar-refractivity contribution is 5.64. The average Bonchev–Trinajstić information content (AvgIpc) is 3.58. The molecule has 3 aliphatic carbocycles. The van der Waals surface area contributed by atoms with Crippen LogP contribution in [0.5, 0.6) is 11.5 Å². The smallest absolute Gasteiger partial charge is 0.165 e. The van der Waals surface area contributed by atoms with Crippen LogP contribution < -0.4 is 4.74 Å². The highest BCUT2D eigenvalue weighted by atomic mass is 16.6. The summed E-state index contributed by atoms with van der Waals surface area (Å²) in [5.41, 5.74) is -0.799. The summed E-state index contributed by atoms with van der Waals surface area (Å²) in [6.45, 7) is 12.5. The molecule has 2 heterocycles. The van der Waals surface area contributed by atoms with Crippen LogP contribution >= 0.6 is 0 Å². The van der Waals surface area contributed by atoms with Crippen molar-refractivity contribution in [3.05, 3.63) is 23.3 Å². The molecule has 1 spiro atoms. The third kappa shape index (κ3) is 2.69. The van der Waals surface area contributed by atoms with Gasteiger partial charge in [0.25, 0.3) is 0 Å². The first-order chi connectivity index (χ1) is 16.9. The molecule has 5 aliphatic rings. The number of likely N-dealkylation sites (tertiary alicyclic amines) is 1. The third-order valence-electron chi connectivity index (χ3n) is 11.5. The van der Waals surface area contributed by atoms with Crippen molar-refractivity contribution in [2.24, 2.45) is 22.7 Å². The first-order valence-corrected chi connectivity index (χ1v) is 13.9. The Kier molecular flexibility index (Phi) is 5.07. The Morgan fingerprint density at radius 2 is 1.97 bits per heavy atom. The van der Waals surface area contributed by atoms with E-state index in [4.69, 9.17) is 15.9 Å². The van der Waals surface area contributed by atoms with Gasteiger partial charge in [-0.2, -0.15) is 0 Å². The molecular formula is C31H43NO4. The van der Waals surface area contributed by atoms with E-state index in [-0.39, 0.29) is 23.8 Å². The summed E-state index contributed by atoms with van der Waals surface area (Å²) in [6, 6.07) is 4.05. The lowest BCUT2D eigenvalue weighted by atomic mass is 9.38. The molecule has 2 bridgehead atoms. The van der Waals surface area contributed by atoms with Gasteiger partial charge >= 0.3 is 0 Å². The van der Waals surface area contributed by atoms with E-state index >= 15 is 0 Å². The molecule has 0 unspecified atom stereocenters. The summed E-state index contributed by atoms with van der Waals surface area (Å²) in [5.74, 6) is 4.74. The van der Waals surface area contributed by atoms with Crippen LogP contribution in [0.15, 0.2) is 12.1 Å². The second kappa shape index (κ2) is 7.43. The van der Waals surface area contributed by atoms with E-state index in [0.717, 1.165) is 37.4 Å². The number of phenols is 1. The molecule has 1 aromatic rings. The molecular weight excluding hydrogens is 450 g/mol. The van der Waals surface area contributed by atoms with E-state index in [9.17, 15) is 10.2 Å². The molecule has 196 valence electrons. The van der Waals surface area contributed by atoms with Crippen molar-refractivity contribution in [1.82, 2.24) is 4.90 Å². The number of hydrogen-bond acceptors (Lipinski definition) is 5. The predicted octanol–water partition coefficient (Wildman–Crippen LogP) is 4.66. The number of benzene rings is 1. The highest BCUT2D eigenvalue weighted by Gasteiger charge is 2.79. The van der Waals surface area contributed by atoms with E-state index in [0.29, 0.717) is 18.6 Å². The van der Waals surface area contributed by atoms with Gasteiger partial charge in [-0.15, -0.1) is 6.42 Å². The van der Waals surface area contributed by atoms with Crippen molar-refractivity contribution >= 4 is 0 Å². The van der Waals surface area contributed by atoms with Gasteiger partial charge in [-0.05, 0) is 75.0 Å². The number of terminal acetylenes is 1. The number of methoxy groups -OCH3 is 1. The molecule has 0 aromatic heterocycles. The molecule has 5 nitrogen and oxygen atoms in total. The van der Waals surface area contributed by atoms with Gasteiger partial charge in [-0.3, -0.25) is 4.90 Å². The zero-order valence-electron chi connectivity index (χ0n) is 22.9. The number of piperidine rings is 1. The minimum atomic E-state index is -1.06. The minimum absolute atomic E-state index is 0.177. The van der Waals surface area contributed by atoms with Gasteiger partial charge in [0.15, 0.2) is 11.5 Å². The topological polar surface area (TPSA) is 62.2 Å². The van der Waals surface area contributed by atoms with Gasteiger partial charge in [-0.1, -0.05) is 39.7 Å². The molecule has 1 saturated heterocycles. The van der Waals surface area contributed by atoms with Crippen LogP contribution in [0.2, 0.25) is 0 Å². The highest BCUT2D eigenvalue weighted by Crippen LogP contribution is 2.73. The molecule has 36 heavy (non-hydrogen) atoms. The molecule has 0 amide bonds. The SMILES string of the molecule is C#C[C@]12C[C@H]([C@](C)(O)C(C)(C)C)[C@@](CC)(OC)[C@@H]3Oc4c(O)ccc5c4[C@@]31CCN(CC1CC1)[C@@H]2C5. The van der Waals surface area contributed by atoms with E-state index in [2.05, 4.69) is 44.6 Å². The number of ether oxygens (including phenoxy) is 2. The predicted molar refractivity (Wildman–Crippen MR) is 140 cm³/mol. The van der Waals surface area contributed by atoms with E-state index in [1.807, 2.05) is 6.92 Å². The van der Waals surface area contributed by atoms with Gasteiger partial charge in [0.05, 0.1) is 16.4 Å². The number of phenolic OH excluding ortho intramolecular Hbond substituents is 1. The molecule has 3 fully saturated rings. The molecule has 0 radical (unpaired) electrons. The van der Waals surface area contributed by atoms with Gasteiger partial charge in [0.1, 0.15) is 11.7 Å².